The minimum Gasteiger partial charge on any atom is -0.505 e. The Labute approximate surface area is 99.2 Å². The Bertz CT molecular complexity index is 369. The lowest BCUT2D eigenvalue weighted by atomic mass is 10.1. The van der Waals surface area contributed by atoms with Gasteiger partial charge in [-0.05, 0) is 30.6 Å². The molecule has 88 valence electrons. The van der Waals surface area contributed by atoms with Crippen LogP contribution in [0.25, 0.3) is 0 Å². The summed E-state index contributed by atoms with van der Waals surface area (Å²) < 4.78 is 0. The number of aromatic hydroxyl groups is 1. The quantitative estimate of drug-likeness (QED) is 0.414. The first-order chi connectivity index (χ1) is 7.66. The number of benzene rings is 1. The van der Waals surface area contributed by atoms with Crippen molar-refractivity contribution in [2.45, 2.75) is 6.42 Å². The summed E-state index contributed by atoms with van der Waals surface area (Å²) in [6.07, 6.45) is 2.93. The topological polar surface area (TPSA) is 75.4 Å². The molecule has 4 N–H and O–H groups in total. The minimum absolute atomic E-state index is 0.148. The van der Waals surface area contributed by atoms with Gasteiger partial charge in [0.2, 0.25) is 0 Å². The van der Waals surface area contributed by atoms with E-state index >= 15 is 0 Å². The molecule has 5 heteroatoms. The van der Waals surface area contributed by atoms with Crippen molar-refractivity contribution >= 4 is 23.4 Å². The Morgan fingerprint density at radius 2 is 2.31 bits per heavy atom. The van der Waals surface area contributed by atoms with Crippen LogP contribution in [0.5, 0.6) is 5.75 Å². The van der Waals surface area contributed by atoms with Gasteiger partial charge in [-0.15, -0.1) is 0 Å². The molecule has 1 amide bonds. The van der Waals surface area contributed by atoms with E-state index < -0.39 is 0 Å². The summed E-state index contributed by atoms with van der Waals surface area (Å²) in [5, 5.41) is 12.3. The van der Waals surface area contributed by atoms with E-state index in [2.05, 4.69) is 5.32 Å². The van der Waals surface area contributed by atoms with Crippen molar-refractivity contribution in [1.82, 2.24) is 5.32 Å². The van der Waals surface area contributed by atoms with E-state index in [1.165, 1.54) is 0 Å². The summed E-state index contributed by atoms with van der Waals surface area (Å²) in [5.74, 6) is 0.569. The SMILES string of the molecule is CSCCCNC(=O)c1cccc(N)c1O. The number of nitrogens with two attached hydrogens (primary N) is 1. The van der Waals surface area contributed by atoms with E-state index in [1.807, 2.05) is 6.26 Å². The molecule has 4 nitrogen and oxygen atoms in total. The molecule has 0 saturated heterocycles. The number of nitrogens with one attached hydrogen (secondary N) is 1. The molecule has 0 atom stereocenters. The fourth-order valence-corrected chi connectivity index (χ4v) is 1.69. The molecule has 0 heterocycles. The monoisotopic (exact) mass is 240 g/mol. The normalized spacial score (nSPS) is 10.1. The summed E-state index contributed by atoms with van der Waals surface area (Å²) in [6.45, 7) is 0.605. The average molecular weight is 240 g/mol. The van der Waals surface area contributed by atoms with Crippen molar-refractivity contribution in [2.75, 3.05) is 24.3 Å². The third kappa shape index (κ3) is 3.34. The molecular weight excluding hydrogens is 224 g/mol. The second-order valence-corrected chi connectivity index (χ2v) is 4.33. The Balaban J connectivity index is 2.56. The second-order valence-electron chi connectivity index (χ2n) is 3.35. The Morgan fingerprint density at radius 1 is 1.56 bits per heavy atom. The molecule has 0 saturated carbocycles. The van der Waals surface area contributed by atoms with Gasteiger partial charge in [-0.3, -0.25) is 4.79 Å². The third-order valence-corrected chi connectivity index (χ3v) is 2.82. The van der Waals surface area contributed by atoms with Crippen molar-refractivity contribution in [3.05, 3.63) is 23.8 Å². The number of phenolic OH excluding ortho intramolecular Hbond substituents is 1. The summed E-state index contributed by atoms with van der Waals surface area (Å²) in [4.78, 5) is 11.6. The van der Waals surface area contributed by atoms with Gasteiger partial charge in [0.05, 0.1) is 11.3 Å². The molecule has 0 aliphatic rings. The minimum atomic E-state index is -0.286. The number of hydrogen-bond acceptors (Lipinski definition) is 4. The highest BCUT2D eigenvalue weighted by atomic mass is 32.2. The van der Waals surface area contributed by atoms with Gasteiger partial charge < -0.3 is 16.2 Å². The van der Waals surface area contributed by atoms with E-state index in [1.54, 1.807) is 30.0 Å². The highest BCUT2D eigenvalue weighted by molar-refractivity contribution is 7.98. The summed E-state index contributed by atoms with van der Waals surface area (Å²) >= 11 is 1.73. The van der Waals surface area contributed by atoms with Crippen LogP contribution in [-0.2, 0) is 0 Å². The van der Waals surface area contributed by atoms with Gasteiger partial charge in [-0.2, -0.15) is 11.8 Å². The van der Waals surface area contributed by atoms with Crippen molar-refractivity contribution < 1.29 is 9.90 Å². The number of phenols is 1. The zero-order valence-corrected chi connectivity index (χ0v) is 10.0. The Hall–Kier alpha value is -1.36. The van der Waals surface area contributed by atoms with Crippen LogP contribution in [0.15, 0.2) is 18.2 Å². The lowest BCUT2D eigenvalue weighted by Gasteiger charge is -2.07. The van der Waals surface area contributed by atoms with Gasteiger partial charge in [0.1, 0.15) is 0 Å². The highest BCUT2D eigenvalue weighted by Gasteiger charge is 2.11. The molecule has 0 fully saturated rings. The van der Waals surface area contributed by atoms with E-state index in [9.17, 15) is 9.90 Å². The molecule has 0 spiro atoms. The van der Waals surface area contributed by atoms with Crippen LogP contribution in [0.4, 0.5) is 5.69 Å². The molecule has 1 rings (SSSR count). The summed E-state index contributed by atoms with van der Waals surface area (Å²) in [5.41, 5.74) is 5.95. The second kappa shape index (κ2) is 6.27. The maximum Gasteiger partial charge on any atom is 0.255 e. The number of para-hydroxylation sites is 1. The standard InChI is InChI=1S/C11H16N2O2S/c1-16-7-3-6-13-11(15)8-4-2-5-9(12)10(8)14/h2,4-5,14H,3,6-7,12H2,1H3,(H,13,15). The highest BCUT2D eigenvalue weighted by Crippen LogP contribution is 2.23. The number of anilines is 1. The zero-order chi connectivity index (χ0) is 12.0. The van der Waals surface area contributed by atoms with E-state index in [4.69, 9.17) is 5.73 Å². The third-order valence-electron chi connectivity index (χ3n) is 2.12. The van der Waals surface area contributed by atoms with E-state index in [0.717, 1.165) is 12.2 Å². The molecular formula is C11H16N2O2S. The maximum absolute atomic E-state index is 11.6. The van der Waals surface area contributed by atoms with Crippen LogP contribution in [0.2, 0.25) is 0 Å². The first kappa shape index (κ1) is 12.7. The Morgan fingerprint density at radius 3 is 3.00 bits per heavy atom. The van der Waals surface area contributed by atoms with Gasteiger partial charge in [0.25, 0.3) is 5.91 Å². The van der Waals surface area contributed by atoms with Crippen molar-refractivity contribution in [2.24, 2.45) is 0 Å². The average Bonchev–Trinajstić information content (AvgIpc) is 2.28. The summed E-state index contributed by atoms with van der Waals surface area (Å²) in [7, 11) is 0. The number of carbonyl (C=O) groups excluding carboxylic acids is 1. The number of carbonyl (C=O) groups is 1. The van der Waals surface area contributed by atoms with Gasteiger partial charge in [-0.1, -0.05) is 6.07 Å². The first-order valence-corrected chi connectivity index (χ1v) is 6.40. The number of thioether (sulfide) groups is 1. The zero-order valence-electron chi connectivity index (χ0n) is 9.19. The predicted molar refractivity (Wildman–Crippen MR) is 67.9 cm³/mol. The number of amides is 1. The molecule has 0 radical (unpaired) electrons. The number of nitrogen functional groups attached to an aromatic ring is 1. The molecule has 1 aromatic rings. The smallest absolute Gasteiger partial charge is 0.255 e. The Kier molecular flexibility index (Phi) is 4.98. The van der Waals surface area contributed by atoms with E-state index in [0.29, 0.717) is 6.54 Å². The summed E-state index contributed by atoms with van der Waals surface area (Å²) in [6, 6.07) is 4.75. The number of rotatable bonds is 5. The van der Waals surface area contributed by atoms with Gasteiger partial charge >= 0.3 is 0 Å². The molecule has 0 aliphatic carbocycles. The van der Waals surface area contributed by atoms with Crippen LogP contribution in [0, 0.1) is 0 Å². The van der Waals surface area contributed by atoms with Crippen LogP contribution >= 0.6 is 11.8 Å². The van der Waals surface area contributed by atoms with Crippen LogP contribution in [0.3, 0.4) is 0 Å². The van der Waals surface area contributed by atoms with Gasteiger partial charge in [0.15, 0.2) is 5.75 Å². The molecule has 0 bridgehead atoms. The lowest BCUT2D eigenvalue weighted by Crippen LogP contribution is -2.25. The number of hydrogen-bond donors (Lipinski definition) is 3. The van der Waals surface area contributed by atoms with Crippen LogP contribution in [-0.4, -0.2) is 29.6 Å². The lowest BCUT2D eigenvalue weighted by molar-refractivity contribution is 0.0951. The van der Waals surface area contributed by atoms with Crippen LogP contribution in [0.1, 0.15) is 16.8 Å². The molecule has 0 aromatic heterocycles. The fraction of sp³-hybridized carbons (Fsp3) is 0.364. The predicted octanol–water partition coefficient (Wildman–Crippen LogP) is 1.46. The molecule has 16 heavy (non-hydrogen) atoms. The van der Waals surface area contributed by atoms with Crippen molar-refractivity contribution in [3.63, 3.8) is 0 Å². The van der Waals surface area contributed by atoms with Gasteiger partial charge in [-0.25, -0.2) is 0 Å². The largest absolute Gasteiger partial charge is 0.505 e. The first-order valence-electron chi connectivity index (χ1n) is 5.01. The maximum atomic E-state index is 11.6. The van der Waals surface area contributed by atoms with E-state index in [-0.39, 0.29) is 22.9 Å². The van der Waals surface area contributed by atoms with Gasteiger partial charge in [0, 0.05) is 6.54 Å². The molecule has 1 aromatic carbocycles. The molecule has 0 aliphatic heterocycles. The van der Waals surface area contributed by atoms with Crippen LogP contribution < -0.4 is 11.1 Å². The molecule has 0 unspecified atom stereocenters. The van der Waals surface area contributed by atoms with Crippen molar-refractivity contribution in [3.8, 4) is 5.75 Å². The van der Waals surface area contributed by atoms with Crippen molar-refractivity contribution in [1.29, 1.82) is 0 Å². The fourth-order valence-electron chi connectivity index (χ4n) is 1.26.